The van der Waals surface area contributed by atoms with Crippen LogP contribution in [0, 0.1) is 0 Å². The zero-order valence-corrected chi connectivity index (χ0v) is 15.6. The largest absolute Gasteiger partial charge is 0.487 e. The van der Waals surface area contributed by atoms with Crippen molar-refractivity contribution < 1.29 is 19.7 Å². The Balaban J connectivity index is 1.75. The molecule has 28 heavy (non-hydrogen) atoms. The molecule has 0 aliphatic heterocycles. The van der Waals surface area contributed by atoms with E-state index in [0.29, 0.717) is 29.3 Å². The lowest BCUT2D eigenvalue weighted by Gasteiger charge is -2.14. The maximum atomic E-state index is 11.3. The summed E-state index contributed by atoms with van der Waals surface area (Å²) in [6.07, 6.45) is 2.29. The van der Waals surface area contributed by atoms with E-state index in [4.69, 9.17) is 9.84 Å². The predicted molar refractivity (Wildman–Crippen MR) is 105 cm³/mol. The second-order valence-corrected chi connectivity index (χ2v) is 6.43. The third-order valence-electron chi connectivity index (χ3n) is 4.46. The molecule has 0 amide bonds. The van der Waals surface area contributed by atoms with Gasteiger partial charge in [0.25, 0.3) is 0 Å². The maximum Gasteiger partial charge on any atom is 0.310 e. The number of aromatic nitrogens is 2. The minimum Gasteiger partial charge on any atom is -0.487 e. The quantitative estimate of drug-likeness (QED) is 0.624. The molecule has 0 fully saturated rings. The van der Waals surface area contributed by atoms with E-state index in [1.165, 1.54) is 0 Å². The highest BCUT2D eigenvalue weighted by Gasteiger charge is 2.18. The van der Waals surface area contributed by atoms with E-state index < -0.39 is 11.9 Å². The Bertz CT molecular complexity index is 941. The molecule has 0 radical (unpaired) electrons. The maximum absolute atomic E-state index is 11.3. The van der Waals surface area contributed by atoms with Crippen molar-refractivity contribution in [1.29, 1.82) is 0 Å². The fraction of sp³-hybridized carbons (Fsp3) is 0.227. The molecule has 6 nitrogen and oxygen atoms in total. The molecule has 1 heterocycles. The highest BCUT2D eigenvalue weighted by Crippen LogP contribution is 2.27. The van der Waals surface area contributed by atoms with Gasteiger partial charge in [-0.15, -0.1) is 0 Å². The van der Waals surface area contributed by atoms with Crippen LogP contribution in [0.25, 0.3) is 11.4 Å². The Kier molecular flexibility index (Phi) is 6.34. The van der Waals surface area contributed by atoms with E-state index in [0.717, 1.165) is 11.1 Å². The van der Waals surface area contributed by atoms with Gasteiger partial charge in [0.2, 0.25) is 0 Å². The van der Waals surface area contributed by atoms with Crippen molar-refractivity contribution in [2.24, 2.45) is 0 Å². The second-order valence-electron chi connectivity index (χ2n) is 6.43. The second kappa shape index (κ2) is 9.10. The van der Waals surface area contributed by atoms with Crippen LogP contribution < -0.4 is 4.74 Å². The number of benzene rings is 2. The number of rotatable bonds is 8. The molecule has 2 aromatic carbocycles. The molecule has 0 aliphatic carbocycles. The molecule has 1 atom stereocenters. The molecule has 3 rings (SSSR count). The summed E-state index contributed by atoms with van der Waals surface area (Å²) < 4.78 is 5.86. The molecule has 2 N–H and O–H groups in total. The SMILES string of the molecule is CC(C(=O)O)c1ccccc1OCc1ccnc(-c2ccc(CCO)cc2)n1. The number of hydrogen-bond acceptors (Lipinski definition) is 5. The van der Waals surface area contributed by atoms with Crippen LogP contribution in [0.5, 0.6) is 5.75 Å². The molecular formula is C22H22N2O4. The van der Waals surface area contributed by atoms with Gasteiger partial charge in [-0.1, -0.05) is 42.5 Å². The number of hydrogen-bond donors (Lipinski definition) is 2. The number of para-hydroxylation sites is 1. The number of aliphatic hydroxyl groups excluding tert-OH is 1. The van der Waals surface area contributed by atoms with Crippen LogP contribution in [0.4, 0.5) is 0 Å². The Morgan fingerprint density at radius 2 is 1.86 bits per heavy atom. The fourth-order valence-corrected chi connectivity index (χ4v) is 2.82. The van der Waals surface area contributed by atoms with Gasteiger partial charge in [-0.25, -0.2) is 9.97 Å². The minimum absolute atomic E-state index is 0.116. The van der Waals surface area contributed by atoms with Crippen LogP contribution in [0.2, 0.25) is 0 Å². The lowest BCUT2D eigenvalue weighted by atomic mass is 10.0. The third kappa shape index (κ3) is 4.72. The summed E-state index contributed by atoms with van der Waals surface area (Å²) in [5.41, 5.74) is 3.25. The van der Waals surface area contributed by atoms with Crippen LogP contribution in [-0.2, 0) is 17.8 Å². The summed E-state index contributed by atoms with van der Waals surface area (Å²) in [5, 5.41) is 18.3. The average Bonchev–Trinajstić information content (AvgIpc) is 2.73. The summed E-state index contributed by atoms with van der Waals surface area (Å²) in [4.78, 5) is 20.2. The Hall–Kier alpha value is -3.25. The van der Waals surface area contributed by atoms with E-state index in [2.05, 4.69) is 9.97 Å². The Labute approximate surface area is 163 Å². The molecule has 0 saturated heterocycles. The predicted octanol–water partition coefficient (Wildman–Crippen LogP) is 3.45. The molecule has 0 spiro atoms. The highest BCUT2D eigenvalue weighted by atomic mass is 16.5. The zero-order chi connectivity index (χ0) is 19.9. The molecule has 0 bridgehead atoms. The Morgan fingerprint density at radius 3 is 2.57 bits per heavy atom. The molecule has 3 aromatic rings. The topological polar surface area (TPSA) is 92.5 Å². The first-order chi connectivity index (χ1) is 13.6. The van der Waals surface area contributed by atoms with E-state index in [1.54, 1.807) is 37.4 Å². The molecular weight excluding hydrogens is 356 g/mol. The van der Waals surface area contributed by atoms with E-state index in [-0.39, 0.29) is 13.2 Å². The van der Waals surface area contributed by atoms with Crippen LogP contribution in [0.3, 0.4) is 0 Å². The smallest absolute Gasteiger partial charge is 0.310 e. The van der Waals surface area contributed by atoms with Gasteiger partial charge in [0, 0.05) is 23.9 Å². The summed E-state index contributed by atoms with van der Waals surface area (Å²) >= 11 is 0. The van der Waals surface area contributed by atoms with Gasteiger partial charge in [-0.2, -0.15) is 0 Å². The van der Waals surface area contributed by atoms with Crippen LogP contribution in [0.1, 0.15) is 29.7 Å². The van der Waals surface area contributed by atoms with Crippen molar-refractivity contribution in [3.05, 3.63) is 77.6 Å². The first-order valence-electron chi connectivity index (χ1n) is 9.05. The monoisotopic (exact) mass is 378 g/mol. The van der Waals surface area contributed by atoms with Gasteiger partial charge in [-0.3, -0.25) is 4.79 Å². The number of ether oxygens (including phenoxy) is 1. The standard InChI is InChI=1S/C22H22N2O4/c1-15(22(26)27)19-4-2-3-5-20(19)28-14-18-10-12-23-21(24-18)17-8-6-16(7-9-17)11-13-25/h2-10,12,15,25H,11,13-14H2,1H3,(H,26,27). The molecule has 0 aliphatic rings. The molecule has 1 unspecified atom stereocenters. The first-order valence-corrected chi connectivity index (χ1v) is 9.05. The Morgan fingerprint density at radius 1 is 1.11 bits per heavy atom. The van der Waals surface area contributed by atoms with Crippen molar-refractivity contribution >= 4 is 5.97 Å². The minimum atomic E-state index is -0.898. The van der Waals surface area contributed by atoms with E-state index >= 15 is 0 Å². The average molecular weight is 378 g/mol. The lowest BCUT2D eigenvalue weighted by molar-refractivity contribution is -0.138. The van der Waals surface area contributed by atoms with Gasteiger partial charge < -0.3 is 14.9 Å². The van der Waals surface area contributed by atoms with Gasteiger partial charge in [0.15, 0.2) is 5.82 Å². The molecule has 0 saturated carbocycles. The number of aliphatic hydroxyl groups is 1. The summed E-state index contributed by atoms with van der Waals surface area (Å²) in [6, 6.07) is 16.6. The van der Waals surface area contributed by atoms with Gasteiger partial charge >= 0.3 is 5.97 Å². The lowest BCUT2D eigenvalue weighted by Crippen LogP contribution is -2.10. The molecule has 1 aromatic heterocycles. The molecule has 6 heteroatoms. The van der Waals surface area contributed by atoms with Crippen LogP contribution in [0.15, 0.2) is 60.8 Å². The number of aliphatic carboxylic acids is 1. The number of carboxylic acid groups (broad SMARTS) is 1. The van der Waals surface area contributed by atoms with Gasteiger partial charge in [0.1, 0.15) is 12.4 Å². The first kappa shape index (κ1) is 19.5. The van der Waals surface area contributed by atoms with Crippen molar-refractivity contribution in [1.82, 2.24) is 9.97 Å². The van der Waals surface area contributed by atoms with Crippen LogP contribution >= 0.6 is 0 Å². The van der Waals surface area contributed by atoms with Crippen LogP contribution in [-0.4, -0.2) is 32.8 Å². The summed E-state index contributed by atoms with van der Waals surface area (Å²) in [6.45, 7) is 1.96. The van der Waals surface area contributed by atoms with Crippen molar-refractivity contribution in [2.45, 2.75) is 25.9 Å². The van der Waals surface area contributed by atoms with E-state index in [9.17, 15) is 9.90 Å². The number of carbonyl (C=O) groups is 1. The van der Waals surface area contributed by atoms with Gasteiger partial charge in [-0.05, 0) is 31.0 Å². The summed E-state index contributed by atoms with van der Waals surface area (Å²) in [5.74, 6) is -0.436. The third-order valence-corrected chi connectivity index (χ3v) is 4.46. The van der Waals surface area contributed by atoms with E-state index in [1.807, 2.05) is 30.3 Å². The number of carboxylic acids is 1. The number of nitrogens with zero attached hydrogens (tertiary/aromatic N) is 2. The molecule has 144 valence electrons. The van der Waals surface area contributed by atoms with Gasteiger partial charge in [0.05, 0.1) is 11.6 Å². The summed E-state index contributed by atoms with van der Waals surface area (Å²) in [7, 11) is 0. The zero-order valence-electron chi connectivity index (χ0n) is 15.6. The fourth-order valence-electron chi connectivity index (χ4n) is 2.82. The highest BCUT2D eigenvalue weighted by molar-refractivity contribution is 5.76. The van der Waals surface area contributed by atoms with Crippen molar-refractivity contribution in [2.75, 3.05) is 6.61 Å². The van der Waals surface area contributed by atoms with Crippen molar-refractivity contribution in [3.8, 4) is 17.1 Å². The normalized spacial score (nSPS) is 11.8. The van der Waals surface area contributed by atoms with Crippen molar-refractivity contribution in [3.63, 3.8) is 0 Å².